The van der Waals surface area contributed by atoms with E-state index in [1.165, 1.54) is 5.39 Å². The van der Waals surface area contributed by atoms with E-state index in [9.17, 15) is 0 Å². The lowest BCUT2D eigenvalue weighted by Gasteiger charge is -2.01. The van der Waals surface area contributed by atoms with Gasteiger partial charge in [-0.15, -0.1) is 0 Å². The maximum atomic E-state index is 5.29. The number of fused-ring (bicyclic) bond motifs is 1. The van der Waals surface area contributed by atoms with Crippen LogP contribution in [0.25, 0.3) is 10.9 Å². The molecule has 15 heavy (non-hydrogen) atoms. The standard InChI is InChI=1S/C11H12NO.C2H6/c1-12-8-4-6-9-5-3-7-10(13-2)11(9)12;1-2/h3-8H,1-2H3;1-2H3/q+1;. The Morgan fingerprint density at radius 2 is 1.73 bits per heavy atom. The molecule has 0 N–H and O–H groups in total. The highest BCUT2D eigenvalue weighted by Crippen LogP contribution is 2.20. The molecule has 1 heterocycles. The SMILES string of the molecule is CC.COc1cccc2ccc[n+](C)c12. The number of para-hydroxylation sites is 1. The van der Waals surface area contributed by atoms with E-state index in [0.717, 1.165) is 11.3 Å². The minimum Gasteiger partial charge on any atom is -0.490 e. The van der Waals surface area contributed by atoms with Crippen LogP contribution in [0.3, 0.4) is 0 Å². The normalized spacial score (nSPS) is 9.33. The summed E-state index contributed by atoms with van der Waals surface area (Å²) in [6.45, 7) is 4.00. The summed E-state index contributed by atoms with van der Waals surface area (Å²) >= 11 is 0. The molecule has 2 heteroatoms. The molecule has 0 spiro atoms. The number of hydrogen-bond acceptors (Lipinski definition) is 1. The smallest absolute Gasteiger partial charge is 0.254 e. The van der Waals surface area contributed by atoms with Gasteiger partial charge in [-0.3, -0.25) is 0 Å². The molecule has 0 aliphatic rings. The lowest BCUT2D eigenvalue weighted by Crippen LogP contribution is -2.28. The zero-order chi connectivity index (χ0) is 11.3. The highest BCUT2D eigenvalue weighted by atomic mass is 16.5. The number of hydrogen-bond donors (Lipinski definition) is 0. The van der Waals surface area contributed by atoms with Crippen LogP contribution < -0.4 is 9.30 Å². The molecule has 1 aromatic carbocycles. The molecule has 0 fully saturated rings. The van der Waals surface area contributed by atoms with Gasteiger partial charge in [0.2, 0.25) is 0 Å². The van der Waals surface area contributed by atoms with Gasteiger partial charge in [0.25, 0.3) is 5.52 Å². The van der Waals surface area contributed by atoms with Crippen LogP contribution in [0.1, 0.15) is 13.8 Å². The summed E-state index contributed by atoms with van der Waals surface area (Å²) in [5.41, 5.74) is 1.13. The molecular formula is C13H18NO+. The van der Waals surface area contributed by atoms with Gasteiger partial charge in [-0.25, -0.2) is 0 Å². The molecule has 0 amide bonds. The number of pyridine rings is 1. The second-order valence-electron chi connectivity index (χ2n) is 3.02. The van der Waals surface area contributed by atoms with Gasteiger partial charge in [0.15, 0.2) is 11.9 Å². The van der Waals surface area contributed by atoms with Crippen LogP contribution in [0.15, 0.2) is 36.5 Å². The molecule has 0 atom stereocenters. The zero-order valence-corrected chi connectivity index (χ0v) is 9.82. The fraction of sp³-hybridized carbons (Fsp3) is 0.308. The molecule has 2 rings (SSSR count). The molecule has 0 unspecified atom stereocenters. The average Bonchev–Trinajstić information content (AvgIpc) is 2.31. The number of methoxy groups -OCH3 is 1. The van der Waals surface area contributed by atoms with E-state index >= 15 is 0 Å². The van der Waals surface area contributed by atoms with Gasteiger partial charge in [-0.1, -0.05) is 19.9 Å². The van der Waals surface area contributed by atoms with Crippen molar-refractivity contribution in [2.45, 2.75) is 13.8 Å². The van der Waals surface area contributed by atoms with Crippen LogP contribution in [-0.2, 0) is 7.05 Å². The van der Waals surface area contributed by atoms with Crippen LogP contribution >= 0.6 is 0 Å². The van der Waals surface area contributed by atoms with Crippen molar-refractivity contribution >= 4 is 10.9 Å². The van der Waals surface area contributed by atoms with E-state index in [2.05, 4.69) is 16.7 Å². The number of aromatic nitrogens is 1. The van der Waals surface area contributed by atoms with Crippen LogP contribution in [0.5, 0.6) is 5.75 Å². The summed E-state index contributed by atoms with van der Waals surface area (Å²) in [7, 11) is 3.71. The average molecular weight is 204 g/mol. The van der Waals surface area contributed by atoms with Gasteiger partial charge in [0.05, 0.1) is 12.5 Å². The molecule has 0 saturated heterocycles. The number of rotatable bonds is 1. The Kier molecular flexibility index (Phi) is 4.10. The van der Waals surface area contributed by atoms with Gasteiger partial charge in [0.1, 0.15) is 7.05 Å². The number of nitrogens with zero attached hydrogens (tertiary/aromatic N) is 1. The monoisotopic (exact) mass is 204 g/mol. The number of benzene rings is 1. The lowest BCUT2D eigenvalue weighted by atomic mass is 10.2. The Hall–Kier alpha value is -1.57. The quantitative estimate of drug-likeness (QED) is 0.651. The topological polar surface area (TPSA) is 13.1 Å². The highest BCUT2D eigenvalue weighted by molar-refractivity contribution is 5.81. The van der Waals surface area contributed by atoms with E-state index < -0.39 is 0 Å². The zero-order valence-electron chi connectivity index (χ0n) is 9.82. The Morgan fingerprint density at radius 1 is 1.07 bits per heavy atom. The third kappa shape index (κ3) is 2.27. The van der Waals surface area contributed by atoms with Crippen molar-refractivity contribution in [3.8, 4) is 5.75 Å². The maximum Gasteiger partial charge on any atom is 0.254 e. The third-order valence-electron chi connectivity index (χ3n) is 2.19. The van der Waals surface area contributed by atoms with E-state index in [4.69, 9.17) is 4.74 Å². The summed E-state index contributed by atoms with van der Waals surface area (Å²) in [5, 5.41) is 1.20. The second-order valence-corrected chi connectivity index (χ2v) is 3.02. The van der Waals surface area contributed by atoms with Gasteiger partial charge in [-0.05, 0) is 18.2 Å². The molecule has 0 aliphatic heterocycles. The molecule has 1 aromatic heterocycles. The Balaban J connectivity index is 0.000000531. The van der Waals surface area contributed by atoms with Crippen LogP contribution in [-0.4, -0.2) is 7.11 Å². The molecule has 2 nitrogen and oxygen atoms in total. The van der Waals surface area contributed by atoms with Gasteiger partial charge < -0.3 is 4.74 Å². The summed E-state index contributed by atoms with van der Waals surface area (Å²) in [6.07, 6.45) is 2.02. The minimum atomic E-state index is 0.917. The first kappa shape index (κ1) is 11.5. The van der Waals surface area contributed by atoms with Crippen molar-refractivity contribution in [1.82, 2.24) is 0 Å². The first-order chi connectivity index (χ1) is 7.33. The van der Waals surface area contributed by atoms with Gasteiger partial charge >= 0.3 is 0 Å². The first-order valence-electron chi connectivity index (χ1n) is 5.24. The Morgan fingerprint density at radius 3 is 2.40 bits per heavy atom. The summed E-state index contributed by atoms with van der Waals surface area (Å²) < 4.78 is 7.35. The van der Waals surface area contributed by atoms with Crippen molar-refractivity contribution in [3.05, 3.63) is 36.5 Å². The summed E-state index contributed by atoms with van der Waals surface area (Å²) in [6, 6.07) is 10.2. The fourth-order valence-electron chi connectivity index (χ4n) is 1.57. The second kappa shape index (κ2) is 5.35. The van der Waals surface area contributed by atoms with Crippen molar-refractivity contribution in [2.75, 3.05) is 7.11 Å². The molecule has 0 radical (unpaired) electrons. The third-order valence-corrected chi connectivity index (χ3v) is 2.19. The summed E-state index contributed by atoms with van der Waals surface area (Å²) in [5.74, 6) is 0.917. The lowest BCUT2D eigenvalue weighted by molar-refractivity contribution is -0.645. The molecule has 80 valence electrons. The molecule has 2 aromatic rings. The van der Waals surface area contributed by atoms with Crippen LogP contribution in [0.2, 0.25) is 0 Å². The van der Waals surface area contributed by atoms with E-state index in [1.54, 1.807) is 7.11 Å². The largest absolute Gasteiger partial charge is 0.490 e. The number of aryl methyl sites for hydroxylation is 1. The van der Waals surface area contributed by atoms with Crippen LogP contribution in [0.4, 0.5) is 0 Å². The minimum absolute atomic E-state index is 0.917. The molecule has 0 saturated carbocycles. The predicted molar refractivity (Wildman–Crippen MR) is 63.0 cm³/mol. The van der Waals surface area contributed by atoms with Crippen LogP contribution in [0, 0.1) is 0 Å². The van der Waals surface area contributed by atoms with Gasteiger partial charge in [-0.2, -0.15) is 4.57 Å². The van der Waals surface area contributed by atoms with Crippen molar-refractivity contribution in [2.24, 2.45) is 7.05 Å². The van der Waals surface area contributed by atoms with Crippen molar-refractivity contribution < 1.29 is 9.30 Å². The summed E-state index contributed by atoms with van der Waals surface area (Å²) in [4.78, 5) is 0. The Labute approximate surface area is 91.1 Å². The van der Waals surface area contributed by atoms with E-state index in [0.29, 0.717) is 0 Å². The number of ether oxygens (including phenoxy) is 1. The fourth-order valence-corrected chi connectivity index (χ4v) is 1.57. The van der Waals surface area contributed by atoms with E-state index in [1.807, 2.05) is 45.3 Å². The molecule has 0 aliphatic carbocycles. The van der Waals surface area contributed by atoms with Crippen molar-refractivity contribution in [3.63, 3.8) is 0 Å². The Bertz CT molecular complexity index is 432. The van der Waals surface area contributed by atoms with E-state index in [-0.39, 0.29) is 0 Å². The predicted octanol–water partition coefficient (Wildman–Crippen LogP) is 2.70. The molecular weight excluding hydrogens is 186 g/mol. The van der Waals surface area contributed by atoms with Gasteiger partial charge in [0, 0.05) is 6.07 Å². The van der Waals surface area contributed by atoms with Crippen molar-refractivity contribution in [1.29, 1.82) is 0 Å². The first-order valence-corrected chi connectivity index (χ1v) is 5.24. The highest BCUT2D eigenvalue weighted by Gasteiger charge is 2.09. The maximum absolute atomic E-state index is 5.29. The molecule has 0 bridgehead atoms.